The molecule has 1 aromatic carbocycles. The molecule has 1 aromatic rings. The second kappa shape index (κ2) is 7.47. The second-order valence-corrected chi connectivity index (χ2v) is 5.86. The summed E-state index contributed by atoms with van der Waals surface area (Å²) in [5, 5.41) is 3.86. The number of thioether (sulfide) groups is 1. The van der Waals surface area contributed by atoms with Crippen LogP contribution in [0.5, 0.6) is 0 Å². The third-order valence-corrected chi connectivity index (χ3v) is 4.13. The molecule has 0 unspecified atom stereocenters. The molecular weight excluding hydrogens is 322 g/mol. The number of carbonyl (C=O) groups is 2. The van der Waals surface area contributed by atoms with Gasteiger partial charge in [0.05, 0.1) is 4.91 Å². The van der Waals surface area contributed by atoms with Gasteiger partial charge in [0.25, 0.3) is 5.91 Å². The van der Waals surface area contributed by atoms with Crippen LogP contribution in [0.3, 0.4) is 0 Å². The van der Waals surface area contributed by atoms with E-state index in [1.54, 1.807) is 29.2 Å². The molecule has 22 heavy (non-hydrogen) atoms. The summed E-state index contributed by atoms with van der Waals surface area (Å²) >= 11 is 7.08. The molecule has 0 aliphatic carbocycles. The lowest BCUT2D eigenvalue weighted by molar-refractivity contribution is -0.122. The van der Waals surface area contributed by atoms with Crippen LogP contribution in [0.1, 0.15) is 13.8 Å². The van der Waals surface area contributed by atoms with E-state index in [1.807, 2.05) is 13.8 Å². The van der Waals surface area contributed by atoms with Gasteiger partial charge in [-0.2, -0.15) is 0 Å². The van der Waals surface area contributed by atoms with Crippen molar-refractivity contribution in [2.75, 3.05) is 18.4 Å². The molecular formula is C15H16ClN3O2S. The fraction of sp³-hybridized carbons (Fsp3) is 0.267. The Balaban J connectivity index is 2.13. The number of hydrogen-bond donors (Lipinski definition) is 1. The number of rotatable bonds is 4. The quantitative estimate of drug-likeness (QED) is 0.858. The summed E-state index contributed by atoms with van der Waals surface area (Å²) in [6, 6.07) is 6.84. The number of anilines is 1. The van der Waals surface area contributed by atoms with Crippen molar-refractivity contribution in [1.82, 2.24) is 4.90 Å². The van der Waals surface area contributed by atoms with Gasteiger partial charge in [-0.15, -0.1) is 0 Å². The van der Waals surface area contributed by atoms with Crippen molar-refractivity contribution in [2.45, 2.75) is 13.8 Å². The standard InChI is InChI=1S/C15H16ClN3O2S/c1-3-17-15-19(4-2)14(21)12(22-15)9-13(20)18-11-7-5-6-10(16)8-11/h5-9H,3-4H2,1-2H3,(H,18,20). The number of benzene rings is 1. The Bertz CT molecular complexity index is 658. The van der Waals surface area contributed by atoms with Gasteiger partial charge in [-0.05, 0) is 43.8 Å². The predicted octanol–water partition coefficient (Wildman–Crippen LogP) is 3.13. The maximum Gasteiger partial charge on any atom is 0.266 e. The average molecular weight is 338 g/mol. The molecule has 0 radical (unpaired) electrons. The average Bonchev–Trinajstić information content (AvgIpc) is 2.75. The number of amidine groups is 1. The summed E-state index contributed by atoms with van der Waals surface area (Å²) in [5.74, 6) is -0.562. The molecule has 1 heterocycles. The van der Waals surface area contributed by atoms with E-state index in [0.717, 1.165) is 0 Å². The molecule has 5 nitrogen and oxygen atoms in total. The summed E-state index contributed by atoms with van der Waals surface area (Å²) in [6.45, 7) is 4.89. The minimum absolute atomic E-state index is 0.194. The molecule has 0 bridgehead atoms. The lowest BCUT2D eigenvalue weighted by Gasteiger charge is -2.11. The molecule has 7 heteroatoms. The summed E-state index contributed by atoms with van der Waals surface area (Å²) < 4.78 is 0. The number of aliphatic imine (C=N–C) groups is 1. The van der Waals surface area contributed by atoms with Crippen molar-refractivity contribution >= 4 is 46.0 Å². The number of amides is 2. The monoisotopic (exact) mass is 337 g/mol. The zero-order valence-corrected chi connectivity index (χ0v) is 13.9. The smallest absolute Gasteiger partial charge is 0.266 e. The highest BCUT2D eigenvalue weighted by atomic mass is 35.5. The summed E-state index contributed by atoms with van der Waals surface area (Å²) in [7, 11) is 0. The SMILES string of the molecule is CCN=C1SC(=CC(=O)Nc2cccc(Cl)c2)C(=O)N1CC. The second-order valence-electron chi connectivity index (χ2n) is 4.42. The number of nitrogens with one attached hydrogen (secondary N) is 1. The zero-order valence-electron chi connectivity index (χ0n) is 12.3. The van der Waals surface area contributed by atoms with Crippen LogP contribution in [0, 0.1) is 0 Å². The van der Waals surface area contributed by atoms with Crippen LogP contribution in [0.4, 0.5) is 5.69 Å². The molecule has 1 aliphatic heterocycles. The maximum atomic E-state index is 12.2. The first-order valence-corrected chi connectivity index (χ1v) is 8.07. The lowest BCUT2D eigenvalue weighted by Crippen LogP contribution is -2.29. The fourth-order valence-electron chi connectivity index (χ4n) is 1.90. The predicted molar refractivity (Wildman–Crippen MR) is 91.1 cm³/mol. The van der Waals surface area contributed by atoms with Gasteiger partial charge in [0.2, 0.25) is 5.91 Å². The van der Waals surface area contributed by atoms with Crippen molar-refractivity contribution in [3.63, 3.8) is 0 Å². The molecule has 1 fully saturated rings. The Kier molecular flexibility index (Phi) is 5.63. The highest BCUT2D eigenvalue weighted by Gasteiger charge is 2.32. The van der Waals surface area contributed by atoms with Crippen LogP contribution in [-0.4, -0.2) is 35.0 Å². The van der Waals surface area contributed by atoms with E-state index in [9.17, 15) is 9.59 Å². The number of nitrogens with zero attached hydrogens (tertiary/aromatic N) is 2. The maximum absolute atomic E-state index is 12.2. The summed E-state index contributed by atoms with van der Waals surface area (Å²) in [5.41, 5.74) is 0.583. The first-order chi connectivity index (χ1) is 10.5. The Labute approximate surface area is 138 Å². The van der Waals surface area contributed by atoms with Gasteiger partial charge in [0, 0.05) is 29.9 Å². The van der Waals surface area contributed by atoms with E-state index in [1.165, 1.54) is 17.8 Å². The highest BCUT2D eigenvalue weighted by Crippen LogP contribution is 2.30. The minimum atomic E-state index is -0.369. The molecule has 1 aliphatic rings. The normalized spacial score (nSPS) is 18.3. The van der Waals surface area contributed by atoms with Crippen LogP contribution < -0.4 is 5.32 Å². The van der Waals surface area contributed by atoms with Crippen LogP contribution in [-0.2, 0) is 9.59 Å². The van der Waals surface area contributed by atoms with Gasteiger partial charge in [0.1, 0.15) is 0 Å². The number of hydrogen-bond acceptors (Lipinski definition) is 4. The first kappa shape index (κ1) is 16.6. The molecule has 0 saturated carbocycles. The van der Waals surface area contributed by atoms with Crippen molar-refractivity contribution in [2.24, 2.45) is 4.99 Å². The largest absolute Gasteiger partial charge is 0.322 e. The number of halogens is 1. The topological polar surface area (TPSA) is 61.8 Å². The fourth-order valence-corrected chi connectivity index (χ4v) is 3.17. The van der Waals surface area contributed by atoms with E-state index >= 15 is 0 Å². The first-order valence-electron chi connectivity index (χ1n) is 6.87. The molecule has 1 saturated heterocycles. The Morgan fingerprint density at radius 3 is 2.86 bits per heavy atom. The van der Waals surface area contributed by atoms with Gasteiger partial charge in [-0.1, -0.05) is 17.7 Å². The van der Waals surface area contributed by atoms with E-state index in [2.05, 4.69) is 10.3 Å². The zero-order chi connectivity index (χ0) is 16.1. The summed E-state index contributed by atoms with van der Waals surface area (Å²) in [4.78, 5) is 30.5. The Hall–Kier alpha value is -1.79. The molecule has 116 valence electrons. The number of carbonyl (C=O) groups excluding carboxylic acids is 2. The van der Waals surface area contributed by atoms with Crippen LogP contribution in [0.15, 0.2) is 40.2 Å². The van der Waals surface area contributed by atoms with Crippen molar-refractivity contribution in [1.29, 1.82) is 0 Å². The van der Waals surface area contributed by atoms with Crippen LogP contribution in [0.25, 0.3) is 0 Å². The lowest BCUT2D eigenvalue weighted by atomic mass is 10.3. The van der Waals surface area contributed by atoms with E-state index in [-0.39, 0.29) is 11.8 Å². The van der Waals surface area contributed by atoms with Gasteiger partial charge < -0.3 is 5.32 Å². The van der Waals surface area contributed by atoms with Crippen molar-refractivity contribution < 1.29 is 9.59 Å². The molecule has 1 N–H and O–H groups in total. The van der Waals surface area contributed by atoms with E-state index in [0.29, 0.717) is 33.9 Å². The molecule has 2 rings (SSSR count). The summed E-state index contributed by atoms with van der Waals surface area (Å²) in [6.07, 6.45) is 1.30. The van der Waals surface area contributed by atoms with Gasteiger partial charge in [-0.3, -0.25) is 19.5 Å². The van der Waals surface area contributed by atoms with Gasteiger partial charge >= 0.3 is 0 Å². The molecule has 0 spiro atoms. The van der Waals surface area contributed by atoms with Crippen LogP contribution in [0.2, 0.25) is 5.02 Å². The molecule has 0 aromatic heterocycles. The highest BCUT2D eigenvalue weighted by molar-refractivity contribution is 8.18. The van der Waals surface area contributed by atoms with Crippen molar-refractivity contribution in [3.8, 4) is 0 Å². The van der Waals surface area contributed by atoms with Gasteiger partial charge in [-0.25, -0.2) is 0 Å². The number of likely N-dealkylation sites (N-methyl/N-ethyl adjacent to an activating group) is 1. The Morgan fingerprint density at radius 1 is 1.45 bits per heavy atom. The minimum Gasteiger partial charge on any atom is -0.322 e. The molecule has 2 amide bonds. The van der Waals surface area contributed by atoms with E-state index < -0.39 is 0 Å². The third-order valence-electron chi connectivity index (χ3n) is 2.85. The van der Waals surface area contributed by atoms with Gasteiger partial charge in [0.15, 0.2) is 5.17 Å². The van der Waals surface area contributed by atoms with Crippen LogP contribution >= 0.6 is 23.4 Å². The van der Waals surface area contributed by atoms with E-state index in [4.69, 9.17) is 11.6 Å². The Morgan fingerprint density at radius 2 is 2.23 bits per heavy atom. The molecule has 0 atom stereocenters. The van der Waals surface area contributed by atoms with Crippen molar-refractivity contribution in [3.05, 3.63) is 40.3 Å². The third kappa shape index (κ3) is 3.90.